The fourth-order valence-electron chi connectivity index (χ4n) is 11.4. The molecular formula is C78H69BBrN7O4. The van der Waals surface area contributed by atoms with Gasteiger partial charge in [0, 0.05) is 103 Å². The quantitative estimate of drug-likeness (QED) is 0.0556. The summed E-state index contributed by atoms with van der Waals surface area (Å²) in [5, 5.41) is 31.5. The van der Waals surface area contributed by atoms with Gasteiger partial charge in [-0.1, -0.05) is 192 Å². The van der Waals surface area contributed by atoms with E-state index < -0.39 is 7.12 Å². The Hall–Kier alpha value is -10.3. The first-order valence-corrected chi connectivity index (χ1v) is 31.0. The van der Waals surface area contributed by atoms with Crippen molar-refractivity contribution in [3.8, 4) is 28.0 Å². The van der Waals surface area contributed by atoms with Crippen LogP contribution in [0.5, 0.6) is 5.75 Å². The Morgan fingerprint density at radius 2 is 0.945 bits per heavy atom. The molecule has 450 valence electrons. The van der Waals surface area contributed by atoms with Crippen LogP contribution in [0, 0.1) is 20.8 Å². The number of nitrogens with one attached hydrogen (secondary N) is 3. The SMILES string of the molecule is COc1ccccc1-c1cccc(Nc2cc(C)nc3ccccc23)c1.Cc1cc(Nc2cccc(-c3ccccc3CN3CCc4ccccc4C3)c2)c2ccccc2n1.Cc1cc(Nc2cccc(Br)c2)c2ccccc2n1.O=Cc1ccccc1B(O)O. The van der Waals surface area contributed by atoms with Crippen molar-refractivity contribution < 1.29 is 19.6 Å². The number of anilines is 6. The molecule has 4 heterocycles. The van der Waals surface area contributed by atoms with E-state index >= 15 is 0 Å². The number of nitrogens with zero attached hydrogens (tertiary/aromatic N) is 4. The zero-order valence-electron chi connectivity index (χ0n) is 51.2. The van der Waals surface area contributed by atoms with Crippen molar-refractivity contribution in [2.24, 2.45) is 0 Å². The van der Waals surface area contributed by atoms with Crippen LogP contribution in [0.1, 0.15) is 44.1 Å². The number of benzene rings is 10. The number of aromatic nitrogens is 3. The Morgan fingerprint density at radius 1 is 0.495 bits per heavy atom. The van der Waals surface area contributed by atoms with Gasteiger partial charge in [-0.3, -0.25) is 24.6 Å². The molecular weight excluding hydrogens is 1190 g/mol. The summed E-state index contributed by atoms with van der Waals surface area (Å²) in [7, 11) is 0.128. The monoisotopic (exact) mass is 1260 g/mol. The number of fused-ring (bicyclic) bond motifs is 4. The van der Waals surface area contributed by atoms with Crippen LogP contribution in [0.4, 0.5) is 34.1 Å². The molecule has 0 atom stereocenters. The highest BCUT2D eigenvalue weighted by Crippen LogP contribution is 2.35. The minimum absolute atomic E-state index is 0.238. The van der Waals surface area contributed by atoms with Crippen LogP contribution in [0.25, 0.3) is 55.0 Å². The van der Waals surface area contributed by atoms with Crippen molar-refractivity contribution in [2.45, 2.75) is 40.3 Å². The second-order valence-electron chi connectivity index (χ2n) is 22.2. The molecule has 0 radical (unpaired) electrons. The molecule has 3 aromatic heterocycles. The minimum atomic E-state index is -1.57. The third-order valence-corrected chi connectivity index (χ3v) is 16.2. The van der Waals surface area contributed by atoms with E-state index in [2.05, 4.69) is 216 Å². The van der Waals surface area contributed by atoms with Gasteiger partial charge < -0.3 is 30.7 Å². The third kappa shape index (κ3) is 16.0. The standard InChI is InChI=1S/C32H29N3.C23H20N2O.C16H13BrN2.C7H7BO3/c1-23-19-32(30-15-6-7-16-31(30)33-23)34-28-13-8-12-25(20-28)29-14-5-4-11-27(29)22-35-18-17-24-9-2-3-10-26(24)21-35;1-16-14-22(20-11-3-5-12-21(20)24-16)25-18-9-7-8-17(15-18)19-10-4-6-13-23(19)26-2;1-11-9-16(14-7-2-3-8-15(14)18-11)19-13-6-4-5-12(17)10-13;9-5-6-3-1-2-4-7(6)8(10)11/h2-16,19-20H,17-18,21-22H2,1H3,(H,33,34);3-15H,1-2H3,(H,24,25);2-10H,1H3,(H,18,19);1-5,10-11H. The number of aldehydes is 1. The molecule has 11 nitrogen and oxygen atoms in total. The Labute approximate surface area is 540 Å². The van der Waals surface area contributed by atoms with E-state index in [1.807, 2.05) is 93.6 Å². The molecule has 91 heavy (non-hydrogen) atoms. The third-order valence-electron chi connectivity index (χ3n) is 15.7. The smallest absolute Gasteiger partial charge is 0.489 e. The second kappa shape index (κ2) is 29.8. The van der Waals surface area contributed by atoms with E-state index in [1.54, 1.807) is 19.2 Å². The summed E-state index contributed by atoms with van der Waals surface area (Å²) in [5.41, 5.74) is 22.0. The molecule has 0 aliphatic carbocycles. The van der Waals surface area contributed by atoms with E-state index in [9.17, 15) is 4.79 Å². The number of aryl methyl sites for hydroxylation is 3. The number of carbonyl (C=O) groups is 1. The van der Waals surface area contributed by atoms with Gasteiger partial charge >= 0.3 is 7.12 Å². The highest BCUT2D eigenvalue weighted by molar-refractivity contribution is 9.10. The van der Waals surface area contributed by atoms with Gasteiger partial charge in [0.25, 0.3) is 0 Å². The van der Waals surface area contributed by atoms with Crippen molar-refractivity contribution in [2.75, 3.05) is 29.6 Å². The molecule has 13 heteroatoms. The molecule has 0 spiro atoms. The topological polar surface area (TPSA) is 145 Å². The molecule has 1 aliphatic rings. The first-order chi connectivity index (χ1) is 44.4. The lowest BCUT2D eigenvalue weighted by atomic mass is 9.77. The highest BCUT2D eigenvalue weighted by atomic mass is 79.9. The van der Waals surface area contributed by atoms with Crippen molar-refractivity contribution in [3.63, 3.8) is 0 Å². The molecule has 5 N–H and O–H groups in total. The van der Waals surface area contributed by atoms with E-state index in [0.29, 0.717) is 11.8 Å². The largest absolute Gasteiger partial charge is 0.496 e. The highest BCUT2D eigenvalue weighted by Gasteiger charge is 2.19. The summed E-state index contributed by atoms with van der Waals surface area (Å²) in [6.45, 7) is 9.14. The van der Waals surface area contributed by atoms with E-state index in [1.165, 1.54) is 39.9 Å². The Kier molecular flexibility index (Phi) is 20.4. The van der Waals surface area contributed by atoms with Gasteiger partial charge in [-0.05, 0) is 151 Å². The number of hydrogen-bond acceptors (Lipinski definition) is 11. The van der Waals surface area contributed by atoms with Crippen LogP contribution in [0.15, 0.2) is 265 Å². The van der Waals surface area contributed by atoms with Gasteiger partial charge in [0.05, 0.1) is 23.7 Å². The van der Waals surface area contributed by atoms with Crippen LogP contribution >= 0.6 is 15.9 Å². The normalized spacial score (nSPS) is 11.6. The Balaban J connectivity index is 0.000000134. The van der Waals surface area contributed by atoms with Crippen LogP contribution in [0.2, 0.25) is 0 Å². The fraction of sp³-hybridized carbons (Fsp3) is 0.103. The molecule has 0 saturated heterocycles. The summed E-state index contributed by atoms with van der Waals surface area (Å²) >= 11 is 3.49. The van der Waals surface area contributed by atoms with Gasteiger partial charge in [-0.15, -0.1) is 0 Å². The Morgan fingerprint density at radius 3 is 1.47 bits per heavy atom. The number of methoxy groups -OCH3 is 1. The van der Waals surface area contributed by atoms with Crippen LogP contribution in [-0.2, 0) is 19.5 Å². The van der Waals surface area contributed by atoms with Crippen molar-refractivity contribution in [3.05, 3.63) is 305 Å². The number of para-hydroxylation sites is 4. The molecule has 0 amide bonds. The molecule has 14 rings (SSSR count). The summed E-state index contributed by atoms with van der Waals surface area (Å²) in [6, 6.07) is 88.2. The molecule has 0 saturated carbocycles. The van der Waals surface area contributed by atoms with Crippen LogP contribution in [0.3, 0.4) is 0 Å². The zero-order valence-corrected chi connectivity index (χ0v) is 52.8. The first kappa shape index (κ1) is 62.3. The fourth-order valence-corrected chi connectivity index (χ4v) is 11.8. The molecule has 0 bridgehead atoms. The summed E-state index contributed by atoms with van der Waals surface area (Å²) < 4.78 is 6.57. The maximum absolute atomic E-state index is 10.3. The van der Waals surface area contributed by atoms with Gasteiger partial charge in [0.2, 0.25) is 0 Å². The molecule has 10 aromatic carbocycles. The zero-order chi connectivity index (χ0) is 63.1. The number of ether oxygens (including phenoxy) is 1. The summed E-state index contributed by atoms with van der Waals surface area (Å²) in [5.74, 6) is 0.870. The van der Waals surface area contributed by atoms with Crippen molar-refractivity contribution in [1.29, 1.82) is 0 Å². The minimum Gasteiger partial charge on any atom is -0.496 e. The number of rotatable bonds is 13. The lowest BCUT2D eigenvalue weighted by Gasteiger charge is -2.29. The van der Waals surface area contributed by atoms with Gasteiger partial charge in [0.1, 0.15) is 12.0 Å². The lowest BCUT2D eigenvalue weighted by Crippen LogP contribution is -2.32. The average Bonchev–Trinajstić information content (AvgIpc) is 1.19. The molecule has 0 fully saturated rings. The van der Waals surface area contributed by atoms with Crippen LogP contribution < -0.4 is 26.2 Å². The first-order valence-electron chi connectivity index (χ1n) is 30.2. The van der Waals surface area contributed by atoms with Crippen LogP contribution in [-0.4, -0.2) is 57.0 Å². The van der Waals surface area contributed by atoms with Crippen molar-refractivity contribution >= 4 is 102 Å². The summed E-state index contributed by atoms with van der Waals surface area (Å²) in [6.07, 6.45) is 1.71. The average molecular weight is 1260 g/mol. The maximum Gasteiger partial charge on any atom is 0.489 e. The number of carbonyl (C=O) groups excluding carboxylic acids is 1. The number of pyridine rings is 3. The predicted molar refractivity (Wildman–Crippen MR) is 380 cm³/mol. The number of hydrogen-bond donors (Lipinski definition) is 5. The number of halogens is 1. The molecule has 1 aliphatic heterocycles. The van der Waals surface area contributed by atoms with Gasteiger partial charge in [0.15, 0.2) is 0 Å². The van der Waals surface area contributed by atoms with Gasteiger partial charge in [-0.25, -0.2) is 0 Å². The van der Waals surface area contributed by atoms with E-state index in [4.69, 9.17) is 14.8 Å². The van der Waals surface area contributed by atoms with Crippen molar-refractivity contribution in [1.82, 2.24) is 19.9 Å². The Bertz CT molecular complexity index is 4680. The summed E-state index contributed by atoms with van der Waals surface area (Å²) in [4.78, 5) is 26.7. The molecule has 0 unspecified atom stereocenters. The molecule has 13 aromatic rings. The predicted octanol–water partition coefficient (Wildman–Crippen LogP) is 17.7. The van der Waals surface area contributed by atoms with E-state index in [0.717, 1.165) is 131 Å². The van der Waals surface area contributed by atoms with E-state index in [-0.39, 0.29) is 5.46 Å². The second-order valence-corrected chi connectivity index (χ2v) is 23.2. The van der Waals surface area contributed by atoms with Gasteiger partial charge in [-0.2, -0.15) is 0 Å². The maximum atomic E-state index is 10.3. The lowest BCUT2D eigenvalue weighted by molar-refractivity contribution is 0.112.